The number of carbonyl (C=O) groups excluding carboxylic acids is 2. The average Bonchev–Trinajstić information content (AvgIpc) is 2.69. The fourth-order valence-electron chi connectivity index (χ4n) is 3.16. The van der Waals surface area contributed by atoms with Gasteiger partial charge in [0.1, 0.15) is 5.58 Å². The summed E-state index contributed by atoms with van der Waals surface area (Å²) in [4.78, 5) is 37.4. The molecule has 2 rings (SSSR count). The van der Waals surface area contributed by atoms with Crippen LogP contribution in [0.3, 0.4) is 0 Å². The smallest absolute Gasteiger partial charge is 0.336 e. The van der Waals surface area contributed by atoms with E-state index in [-0.39, 0.29) is 18.2 Å². The van der Waals surface area contributed by atoms with Crippen molar-refractivity contribution in [1.29, 1.82) is 0 Å². The summed E-state index contributed by atoms with van der Waals surface area (Å²) >= 11 is 0. The van der Waals surface area contributed by atoms with Crippen LogP contribution in [0.2, 0.25) is 0 Å². The molecule has 2 amide bonds. The second kappa shape index (κ2) is 12.0. The summed E-state index contributed by atoms with van der Waals surface area (Å²) in [5.74, 6) is -0.127. The number of unbranched alkanes of at least 4 members (excludes halogenated alkanes) is 3. The Bertz CT molecular complexity index is 908. The van der Waals surface area contributed by atoms with Crippen LogP contribution >= 0.6 is 0 Å². The summed E-state index contributed by atoms with van der Waals surface area (Å²) in [7, 11) is 3.82. The first kappa shape index (κ1) is 23.4. The Balaban J connectivity index is 1.75. The van der Waals surface area contributed by atoms with E-state index < -0.39 is 5.63 Å². The normalized spacial score (nSPS) is 10.8. The fraction of sp³-hybridized carbons (Fsp3) is 0.500. The number of anilines is 1. The van der Waals surface area contributed by atoms with Gasteiger partial charge in [0.05, 0.1) is 6.42 Å². The van der Waals surface area contributed by atoms with Crippen molar-refractivity contribution in [2.24, 2.45) is 5.73 Å². The van der Waals surface area contributed by atoms with Crippen LogP contribution < -0.4 is 26.9 Å². The Hall–Kier alpha value is -2.87. The minimum atomic E-state index is -0.459. The molecule has 0 radical (unpaired) electrons. The summed E-state index contributed by atoms with van der Waals surface area (Å²) in [6, 6.07) is 7.00. The lowest BCUT2D eigenvalue weighted by Gasteiger charge is -2.13. The van der Waals surface area contributed by atoms with E-state index in [0.29, 0.717) is 37.2 Å². The van der Waals surface area contributed by atoms with Crippen molar-refractivity contribution >= 4 is 28.5 Å². The van der Waals surface area contributed by atoms with Gasteiger partial charge in [-0.05, 0) is 30.5 Å². The third-order valence-corrected chi connectivity index (χ3v) is 4.80. The van der Waals surface area contributed by atoms with E-state index in [1.165, 1.54) is 6.07 Å². The maximum Gasteiger partial charge on any atom is 0.336 e. The molecule has 0 spiro atoms. The first-order valence-electron chi connectivity index (χ1n) is 10.4. The number of carbonyl (C=O) groups is 2. The summed E-state index contributed by atoms with van der Waals surface area (Å²) in [5.41, 5.74) is 6.93. The number of nitrogens with one attached hydrogen (secondary N) is 2. The number of nitrogens with two attached hydrogens (primary N) is 1. The standard InChI is InChI=1S/C22H32N4O4/c1-26(2)17-7-8-18-16(14-22(29)30-19(18)15-17)13-21(28)25-12-6-4-3-5-11-24-20(27)9-10-23/h7-8,14-15H,3-6,9-13,23H2,1-2H3,(H,24,27)(H,25,28). The average molecular weight is 417 g/mol. The van der Waals surface area contributed by atoms with Gasteiger partial charge >= 0.3 is 5.63 Å². The zero-order chi connectivity index (χ0) is 21.9. The summed E-state index contributed by atoms with van der Waals surface area (Å²) in [5, 5.41) is 6.50. The Labute approximate surface area is 176 Å². The van der Waals surface area contributed by atoms with Crippen LogP contribution in [0.15, 0.2) is 33.5 Å². The molecule has 0 atom stereocenters. The third-order valence-electron chi connectivity index (χ3n) is 4.80. The molecule has 1 heterocycles. The molecule has 0 aliphatic heterocycles. The minimum absolute atomic E-state index is 0.00910. The lowest BCUT2D eigenvalue weighted by atomic mass is 10.1. The number of benzene rings is 1. The predicted molar refractivity (Wildman–Crippen MR) is 119 cm³/mol. The Morgan fingerprint density at radius 3 is 2.30 bits per heavy atom. The van der Waals surface area contributed by atoms with Crippen molar-refractivity contribution in [3.63, 3.8) is 0 Å². The van der Waals surface area contributed by atoms with Crippen LogP contribution in [0.5, 0.6) is 0 Å². The highest BCUT2D eigenvalue weighted by atomic mass is 16.4. The van der Waals surface area contributed by atoms with Crippen LogP contribution in [0, 0.1) is 0 Å². The lowest BCUT2D eigenvalue weighted by Crippen LogP contribution is -2.27. The van der Waals surface area contributed by atoms with E-state index in [4.69, 9.17) is 10.2 Å². The molecule has 2 aromatic rings. The quantitative estimate of drug-likeness (QED) is 0.357. The fourth-order valence-corrected chi connectivity index (χ4v) is 3.16. The highest BCUT2D eigenvalue weighted by Crippen LogP contribution is 2.23. The molecular weight excluding hydrogens is 384 g/mol. The number of nitrogens with zero attached hydrogens (tertiary/aromatic N) is 1. The summed E-state index contributed by atoms with van der Waals surface area (Å²) < 4.78 is 5.30. The molecule has 30 heavy (non-hydrogen) atoms. The Morgan fingerprint density at radius 1 is 1.00 bits per heavy atom. The second-order valence-corrected chi connectivity index (χ2v) is 7.50. The van der Waals surface area contributed by atoms with Crippen molar-refractivity contribution in [3.8, 4) is 0 Å². The van der Waals surface area contributed by atoms with Crippen LogP contribution in [0.4, 0.5) is 5.69 Å². The van der Waals surface area contributed by atoms with Crippen molar-refractivity contribution in [2.75, 3.05) is 38.6 Å². The molecule has 0 fully saturated rings. The van der Waals surface area contributed by atoms with E-state index in [1.807, 2.05) is 31.1 Å². The SMILES string of the molecule is CN(C)c1ccc2c(CC(=O)NCCCCCCNC(=O)CCN)cc(=O)oc2c1. The predicted octanol–water partition coefficient (Wildman–Crippen LogP) is 1.54. The first-order valence-corrected chi connectivity index (χ1v) is 10.4. The topological polar surface area (TPSA) is 118 Å². The molecule has 1 aromatic heterocycles. The Kier molecular flexibility index (Phi) is 9.34. The molecule has 0 aliphatic rings. The number of rotatable bonds is 12. The van der Waals surface area contributed by atoms with Gasteiger partial charge in [-0.3, -0.25) is 9.59 Å². The molecule has 8 heteroatoms. The van der Waals surface area contributed by atoms with Gasteiger partial charge in [-0.2, -0.15) is 0 Å². The molecule has 0 bridgehead atoms. The van der Waals surface area contributed by atoms with E-state index >= 15 is 0 Å². The van der Waals surface area contributed by atoms with Crippen LogP contribution in [0.1, 0.15) is 37.7 Å². The maximum absolute atomic E-state index is 12.3. The second-order valence-electron chi connectivity index (χ2n) is 7.50. The molecular formula is C22H32N4O4. The van der Waals surface area contributed by atoms with Crippen molar-refractivity contribution in [2.45, 2.75) is 38.5 Å². The van der Waals surface area contributed by atoms with E-state index in [9.17, 15) is 14.4 Å². The zero-order valence-electron chi connectivity index (χ0n) is 17.8. The van der Waals surface area contributed by atoms with Gasteiger partial charge in [-0.25, -0.2) is 4.79 Å². The first-order chi connectivity index (χ1) is 14.4. The lowest BCUT2D eigenvalue weighted by molar-refractivity contribution is -0.121. The highest BCUT2D eigenvalue weighted by Gasteiger charge is 2.11. The molecule has 1 aromatic carbocycles. The molecule has 164 valence electrons. The molecule has 4 N–H and O–H groups in total. The van der Waals surface area contributed by atoms with Crippen molar-refractivity contribution < 1.29 is 14.0 Å². The minimum Gasteiger partial charge on any atom is -0.423 e. The van der Waals surface area contributed by atoms with Gasteiger partial charge in [0.15, 0.2) is 0 Å². The van der Waals surface area contributed by atoms with Crippen molar-refractivity contribution in [3.05, 3.63) is 40.2 Å². The van der Waals surface area contributed by atoms with Gasteiger partial charge in [-0.15, -0.1) is 0 Å². The van der Waals surface area contributed by atoms with E-state index in [0.717, 1.165) is 36.8 Å². The highest BCUT2D eigenvalue weighted by molar-refractivity contribution is 5.88. The van der Waals surface area contributed by atoms with Gasteiger partial charge < -0.3 is 25.7 Å². The summed E-state index contributed by atoms with van der Waals surface area (Å²) in [6.45, 7) is 1.61. The number of fused-ring (bicyclic) bond motifs is 1. The van der Waals surface area contributed by atoms with E-state index in [1.54, 1.807) is 6.07 Å². The van der Waals surface area contributed by atoms with Gasteiger partial charge in [0.2, 0.25) is 11.8 Å². The molecule has 8 nitrogen and oxygen atoms in total. The van der Waals surface area contributed by atoms with Crippen LogP contribution in [-0.2, 0) is 16.0 Å². The van der Waals surface area contributed by atoms with Gasteiger partial charge in [0.25, 0.3) is 0 Å². The monoisotopic (exact) mass is 416 g/mol. The van der Waals surface area contributed by atoms with E-state index in [2.05, 4.69) is 10.6 Å². The Morgan fingerprint density at radius 2 is 1.67 bits per heavy atom. The zero-order valence-corrected chi connectivity index (χ0v) is 17.8. The third kappa shape index (κ3) is 7.51. The van der Waals surface area contributed by atoms with Crippen LogP contribution in [-0.4, -0.2) is 45.5 Å². The molecule has 0 saturated carbocycles. The number of hydrogen-bond donors (Lipinski definition) is 3. The molecule has 0 saturated heterocycles. The summed E-state index contributed by atoms with van der Waals surface area (Å²) in [6.07, 6.45) is 4.23. The van der Waals surface area contributed by atoms with Crippen molar-refractivity contribution in [1.82, 2.24) is 10.6 Å². The largest absolute Gasteiger partial charge is 0.423 e. The maximum atomic E-state index is 12.3. The number of hydrogen-bond acceptors (Lipinski definition) is 6. The molecule has 0 aliphatic carbocycles. The van der Waals surface area contributed by atoms with Crippen LogP contribution in [0.25, 0.3) is 11.0 Å². The molecule has 0 unspecified atom stereocenters. The van der Waals surface area contributed by atoms with Gasteiger partial charge in [-0.1, -0.05) is 12.8 Å². The van der Waals surface area contributed by atoms with Gasteiger partial charge in [0, 0.05) is 63.4 Å². The number of amides is 2.